The average molecular weight is 284 g/mol. The Morgan fingerprint density at radius 3 is 1.73 bits per heavy atom. The van der Waals surface area contributed by atoms with Crippen LogP contribution in [0.2, 0.25) is 0 Å². The summed E-state index contributed by atoms with van der Waals surface area (Å²) in [7, 11) is -5.38. The summed E-state index contributed by atoms with van der Waals surface area (Å²) in [4.78, 5) is 0. The molecule has 0 aromatic rings. The van der Waals surface area contributed by atoms with Crippen LogP contribution in [-0.2, 0) is 10.9 Å². The van der Waals surface area contributed by atoms with E-state index >= 15 is 0 Å². The van der Waals surface area contributed by atoms with Crippen molar-refractivity contribution in [2.45, 2.75) is 5.25 Å². The van der Waals surface area contributed by atoms with Crippen LogP contribution in [0.5, 0.6) is 0 Å². The first-order valence-corrected chi connectivity index (χ1v) is 9.03. The normalized spacial score (nSPS) is 13.4. The molecule has 0 radical (unpaired) electrons. The van der Waals surface area contributed by atoms with Gasteiger partial charge in [0.15, 0.2) is 0 Å². The monoisotopic (exact) mass is 284 g/mol. The van der Waals surface area contributed by atoms with Gasteiger partial charge in [0.2, 0.25) is 0 Å². The van der Waals surface area contributed by atoms with E-state index in [1.54, 1.807) is 0 Å². The quantitative estimate of drug-likeness (QED) is 0.432. The van der Waals surface area contributed by atoms with E-state index in [0.717, 1.165) is 5.25 Å². The molecule has 0 heterocycles. The zero-order valence-electron chi connectivity index (χ0n) is 9.31. The van der Waals surface area contributed by atoms with Crippen molar-refractivity contribution in [1.82, 2.24) is 0 Å². The molecular weight excluding hydrogens is 267 g/mol. The second-order valence-corrected chi connectivity index (χ2v) is 7.31. The molecule has 0 fully saturated rings. The fourth-order valence-corrected chi connectivity index (χ4v) is 4.56. The minimum absolute atomic E-state index is 0.619. The van der Waals surface area contributed by atoms with Crippen molar-refractivity contribution in [1.29, 1.82) is 0 Å². The molecule has 0 aliphatic heterocycles. The highest BCUT2D eigenvalue weighted by atomic mass is 32.2. The molecule has 0 nitrogen and oxygen atoms in total. The Labute approximate surface area is 101 Å². The molecule has 0 amide bonds. The summed E-state index contributed by atoms with van der Waals surface area (Å²) in [5.41, 5.74) is 0. The molecule has 15 heavy (non-hydrogen) atoms. The molecule has 94 valence electrons. The third-order valence-corrected chi connectivity index (χ3v) is 4.43. The van der Waals surface area contributed by atoms with Gasteiger partial charge in [-0.2, -0.15) is 23.5 Å². The first kappa shape index (κ1) is 18.2. The Balaban J connectivity index is 0. The van der Waals surface area contributed by atoms with E-state index in [1.807, 2.05) is 23.5 Å². The highest BCUT2D eigenvalue weighted by molar-refractivity contribution is 8.04. The summed E-state index contributed by atoms with van der Waals surface area (Å²) in [6.07, 6.45) is 9.05. The summed E-state index contributed by atoms with van der Waals surface area (Å²) in [6.45, 7) is 0. The minimum Gasteiger partial charge on any atom is -0.418 e. The van der Waals surface area contributed by atoms with Crippen LogP contribution in [0, 0.1) is 0 Å². The van der Waals surface area contributed by atoms with Crippen molar-refractivity contribution in [2.24, 2.45) is 0 Å². The number of hydrogen-bond donors (Lipinski definition) is 0. The van der Waals surface area contributed by atoms with Crippen LogP contribution < -0.4 is 0 Å². The number of rotatable bonds is 5. The maximum absolute atomic E-state index is 9.75. The van der Waals surface area contributed by atoms with Crippen molar-refractivity contribution >= 4 is 41.7 Å². The van der Waals surface area contributed by atoms with Crippen molar-refractivity contribution in [2.75, 3.05) is 36.5 Å². The number of halogens is 4. The van der Waals surface area contributed by atoms with Crippen molar-refractivity contribution in [3.8, 4) is 0 Å². The van der Waals surface area contributed by atoms with Gasteiger partial charge >= 0.3 is 7.25 Å². The Bertz CT molecular complexity index is 137. The predicted molar refractivity (Wildman–Crippen MR) is 70.0 cm³/mol. The Hall–Kier alpha value is 0.835. The van der Waals surface area contributed by atoms with E-state index in [2.05, 4.69) is 25.0 Å². The van der Waals surface area contributed by atoms with Crippen LogP contribution >= 0.6 is 23.5 Å². The lowest BCUT2D eigenvalue weighted by atomic mass is 10.3. The van der Waals surface area contributed by atoms with Gasteiger partial charge in [-0.3, -0.25) is 0 Å². The van der Waals surface area contributed by atoms with Crippen LogP contribution in [0.3, 0.4) is 0 Å². The third kappa shape index (κ3) is 25.3. The van der Waals surface area contributed by atoms with Gasteiger partial charge in [-0.05, 0) is 23.4 Å². The van der Waals surface area contributed by atoms with Crippen molar-refractivity contribution < 1.29 is 17.3 Å². The zero-order chi connectivity index (χ0) is 12.5. The maximum Gasteiger partial charge on any atom is 0.673 e. The van der Waals surface area contributed by atoms with E-state index in [-0.39, 0.29) is 0 Å². The van der Waals surface area contributed by atoms with Crippen LogP contribution in [0.4, 0.5) is 17.3 Å². The molecule has 1 atom stereocenters. The SMILES string of the molecule is CSCC(C[S+](C)C)SC.F[B-](F)(F)F. The maximum atomic E-state index is 9.75. The first-order chi connectivity index (χ1) is 6.70. The highest BCUT2D eigenvalue weighted by Crippen LogP contribution is 2.13. The number of thioether (sulfide) groups is 2. The largest absolute Gasteiger partial charge is 0.673 e. The molecule has 1 unspecified atom stereocenters. The van der Waals surface area contributed by atoms with Crippen LogP contribution in [0.25, 0.3) is 0 Å². The lowest BCUT2D eigenvalue weighted by molar-refractivity contribution is 0.368. The fourth-order valence-electron chi connectivity index (χ4n) is 0.742. The highest BCUT2D eigenvalue weighted by Gasteiger charge is 2.20. The summed E-state index contributed by atoms with van der Waals surface area (Å²) in [5.74, 6) is 2.70. The lowest BCUT2D eigenvalue weighted by Gasteiger charge is -2.09. The Kier molecular flexibility index (Phi) is 12.2. The van der Waals surface area contributed by atoms with Gasteiger partial charge < -0.3 is 17.3 Å². The summed E-state index contributed by atoms with van der Waals surface area (Å²) >= 11 is 3.97. The van der Waals surface area contributed by atoms with E-state index in [9.17, 15) is 17.3 Å². The topological polar surface area (TPSA) is 0 Å². The van der Waals surface area contributed by atoms with Gasteiger partial charge in [-0.25, -0.2) is 0 Å². The molecule has 0 bridgehead atoms. The molecule has 0 aromatic heterocycles. The van der Waals surface area contributed by atoms with Gasteiger partial charge in [0.05, 0.1) is 17.8 Å². The van der Waals surface area contributed by atoms with Gasteiger partial charge in [0.1, 0.15) is 5.75 Å². The molecule has 0 spiro atoms. The molecular formula is C7H17BF4S3. The molecule has 0 N–H and O–H groups in total. The third-order valence-electron chi connectivity index (χ3n) is 1.21. The Morgan fingerprint density at radius 1 is 1.13 bits per heavy atom. The summed E-state index contributed by atoms with van der Waals surface area (Å²) in [5, 5.41) is 0.883. The van der Waals surface area contributed by atoms with Crippen LogP contribution in [0.1, 0.15) is 0 Å². The fraction of sp³-hybridized carbons (Fsp3) is 1.00. The van der Waals surface area contributed by atoms with E-state index in [4.69, 9.17) is 0 Å². The second kappa shape index (κ2) is 10.0. The van der Waals surface area contributed by atoms with E-state index in [0.29, 0.717) is 10.9 Å². The summed E-state index contributed by atoms with van der Waals surface area (Å²) in [6, 6.07) is 0. The van der Waals surface area contributed by atoms with Crippen LogP contribution in [-0.4, -0.2) is 49.0 Å². The predicted octanol–water partition coefficient (Wildman–Crippen LogP) is 3.26. The first-order valence-electron chi connectivity index (χ1n) is 4.14. The average Bonchev–Trinajstić information content (AvgIpc) is 1.99. The van der Waals surface area contributed by atoms with Gasteiger partial charge in [-0.1, -0.05) is 0 Å². The van der Waals surface area contributed by atoms with E-state index < -0.39 is 7.25 Å². The van der Waals surface area contributed by atoms with Crippen LogP contribution in [0.15, 0.2) is 0 Å². The Morgan fingerprint density at radius 2 is 1.53 bits per heavy atom. The van der Waals surface area contributed by atoms with E-state index in [1.165, 1.54) is 11.5 Å². The smallest absolute Gasteiger partial charge is 0.418 e. The van der Waals surface area contributed by atoms with Gasteiger partial charge in [0.25, 0.3) is 0 Å². The van der Waals surface area contributed by atoms with Crippen molar-refractivity contribution in [3.05, 3.63) is 0 Å². The zero-order valence-corrected chi connectivity index (χ0v) is 11.8. The standard InChI is InChI=1S/C7H17S3.BF4/c1-8-5-7(9-2)6-10(3)4;2-1(3,4)5/h7H,5-6H2,1-4H3;/q+1;-1. The molecule has 0 aromatic carbocycles. The molecule has 0 aliphatic carbocycles. The minimum atomic E-state index is -6.00. The summed E-state index contributed by atoms with van der Waals surface area (Å²) < 4.78 is 39.0. The molecule has 0 aliphatic rings. The van der Waals surface area contributed by atoms with Gasteiger partial charge in [-0.15, -0.1) is 0 Å². The second-order valence-electron chi connectivity index (χ2n) is 2.96. The number of hydrogen-bond acceptors (Lipinski definition) is 2. The molecule has 0 saturated carbocycles. The molecule has 0 rings (SSSR count). The van der Waals surface area contributed by atoms with Gasteiger partial charge in [0, 0.05) is 5.75 Å². The molecule has 0 saturated heterocycles. The lowest BCUT2D eigenvalue weighted by Crippen LogP contribution is -2.18. The molecule has 8 heteroatoms. The van der Waals surface area contributed by atoms with Crippen molar-refractivity contribution in [3.63, 3.8) is 0 Å².